The second kappa shape index (κ2) is 3.14. The van der Waals surface area contributed by atoms with E-state index in [1.165, 1.54) is 0 Å². The van der Waals surface area contributed by atoms with Gasteiger partial charge in [-0.3, -0.25) is 4.68 Å². The van der Waals surface area contributed by atoms with Gasteiger partial charge in [-0.05, 0) is 12.2 Å². The van der Waals surface area contributed by atoms with Crippen LogP contribution in [0.4, 0.5) is 5.95 Å². The summed E-state index contributed by atoms with van der Waals surface area (Å²) in [7, 11) is 1.76. The van der Waals surface area contributed by atoms with Crippen LogP contribution in [0.25, 0.3) is 11.5 Å². The fraction of sp³-hybridized carbons (Fsp3) is 0.167. The molecule has 8 heteroatoms. The summed E-state index contributed by atoms with van der Waals surface area (Å²) in [6.07, 6.45) is 1.70. The summed E-state index contributed by atoms with van der Waals surface area (Å²) < 4.78 is 1.74. The van der Waals surface area contributed by atoms with Crippen LogP contribution in [0, 0.1) is 4.77 Å². The third-order valence-corrected chi connectivity index (χ3v) is 1.70. The maximum atomic E-state index is 5.48. The molecule has 14 heavy (non-hydrogen) atoms. The van der Waals surface area contributed by atoms with Crippen molar-refractivity contribution in [2.75, 3.05) is 5.73 Å². The van der Waals surface area contributed by atoms with Crippen LogP contribution in [0.1, 0.15) is 0 Å². The van der Waals surface area contributed by atoms with Gasteiger partial charge in [0.25, 0.3) is 0 Å². The van der Waals surface area contributed by atoms with Gasteiger partial charge in [0.15, 0.2) is 5.82 Å². The summed E-state index contributed by atoms with van der Waals surface area (Å²) in [6.45, 7) is 0. The summed E-state index contributed by atoms with van der Waals surface area (Å²) in [5, 5.41) is 7.62. The molecule has 0 saturated carbocycles. The zero-order chi connectivity index (χ0) is 10.1. The van der Waals surface area contributed by atoms with E-state index in [1.54, 1.807) is 17.9 Å². The first kappa shape index (κ1) is 8.75. The number of aryl methyl sites for hydroxylation is 1. The van der Waals surface area contributed by atoms with Crippen molar-refractivity contribution in [2.45, 2.75) is 0 Å². The number of hydrogen-bond donors (Lipinski definition) is 2. The number of rotatable bonds is 1. The van der Waals surface area contributed by atoms with Crippen LogP contribution in [0.2, 0.25) is 0 Å². The lowest BCUT2D eigenvalue weighted by molar-refractivity contribution is 0.715. The summed E-state index contributed by atoms with van der Waals surface area (Å²) in [5.41, 5.74) is 6.05. The van der Waals surface area contributed by atoms with Crippen molar-refractivity contribution >= 4 is 18.2 Å². The van der Waals surface area contributed by atoms with Gasteiger partial charge in [-0.15, -0.1) is 5.10 Å². The molecule has 0 unspecified atom stereocenters. The van der Waals surface area contributed by atoms with Crippen LogP contribution in [0.5, 0.6) is 0 Å². The Morgan fingerprint density at radius 1 is 1.50 bits per heavy atom. The number of hydrogen-bond acceptors (Lipinski definition) is 6. The quantitative estimate of drug-likeness (QED) is 0.637. The average molecular weight is 209 g/mol. The Bertz CT molecular complexity index is 513. The lowest BCUT2D eigenvalue weighted by atomic mass is 10.4. The fourth-order valence-corrected chi connectivity index (χ4v) is 1.17. The van der Waals surface area contributed by atoms with Gasteiger partial charge in [0.2, 0.25) is 10.7 Å². The SMILES string of the molecule is Cn1cc(-c2nc(=S)nc(N)[nH]2)nn1. The molecule has 0 radical (unpaired) electrons. The second-order valence-corrected chi connectivity index (χ2v) is 3.01. The Hall–Kier alpha value is -1.83. The number of nitrogens with two attached hydrogens (primary N) is 1. The molecule has 0 amide bonds. The first-order valence-corrected chi connectivity index (χ1v) is 4.16. The molecule has 0 fully saturated rings. The van der Waals surface area contributed by atoms with Crippen molar-refractivity contribution in [2.24, 2.45) is 7.05 Å². The van der Waals surface area contributed by atoms with Crippen LogP contribution in [-0.2, 0) is 7.05 Å². The van der Waals surface area contributed by atoms with Crippen molar-refractivity contribution in [3.8, 4) is 11.5 Å². The van der Waals surface area contributed by atoms with E-state index in [9.17, 15) is 0 Å². The molecule has 7 nitrogen and oxygen atoms in total. The van der Waals surface area contributed by atoms with Crippen LogP contribution in [-0.4, -0.2) is 29.9 Å². The van der Waals surface area contributed by atoms with E-state index in [1.807, 2.05) is 0 Å². The first-order valence-electron chi connectivity index (χ1n) is 3.75. The maximum absolute atomic E-state index is 5.48. The number of aromatic amines is 1. The minimum atomic E-state index is 0.182. The van der Waals surface area contributed by atoms with Crippen molar-refractivity contribution in [3.63, 3.8) is 0 Å². The molecule has 2 aromatic heterocycles. The lowest BCUT2D eigenvalue weighted by Gasteiger charge is -1.96. The molecule has 2 aromatic rings. The van der Waals surface area contributed by atoms with Crippen LogP contribution >= 0.6 is 12.2 Å². The molecule has 3 N–H and O–H groups in total. The Kier molecular flexibility index (Phi) is 1.97. The Labute approximate surface area is 84.0 Å². The molecule has 0 aliphatic heterocycles. The standard InChI is InChI=1S/C6H7N7S/c1-13-2-3(11-12-13)4-8-5(7)10-6(14)9-4/h2H,1H3,(H3,7,8,9,10,14). The molecule has 72 valence electrons. The van der Waals surface area contributed by atoms with Gasteiger partial charge in [0.1, 0.15) is 5.69 Å². The number of aromatic nitrogens is 6. The topological polar surface area (TPSA) is 98.3 Å². The average Bonchev–Trinajstić information content (AvgIpc) is 2.50. The lowest BCUT2D eigenvalue weighted by Crippen LogP contribution is -1.99. The number of nitrogens with one attached hydrogen (secondary N) is 1. The Morgan fingerprint density at radius 3 is 2.86 bits per heavy atom. The summed E-state index contributed by atoms with van der Waals surface area (Å²) in [5.74, 6) is 0.682. The van der Waals surface area contributed by atoms with Crippen LogP contribution < -0.4 is 5.73 Å². The molecule has 0 spiro atoms. The summed E-state index contributed by atoms with van der Waals surface area (Å²) >= 11 is 4.82. The van der Waals surface area contributed by atoms with E-state index in [-0.39, 0.29) is 10.7 Å². The molecule has 0 aliphatic rings. The molecule has 2 rings (SSSR count). The number of anilines is 1. The largest absolute Gasteiger partial charge is 0.369 e. The van der Waals surface area contributed by atoms with Crippen molar-refractivity contribution in [1.29, 1.82) is 0 Å². The fourth-order valence-electron chi connectivity index (χ4n) is 0.978. The predicted molar refractivity (Wildman–Crippen MR) is 51.6 cm³/mol. The molecule has 0 atom stereocenters. The molecule has 0 bridgehead atoms. The van der Waals surface area contributed by atoms with E-state index >= 15 is 0 Å². The minimum Gasteiger partial charge on any atom is -0.369 e. The van der Waals surface area contributed by atoms with E-state index in [0.717, 1.165) is 0 Å². The number of H-pyrrole nitrogens is 1. The van der Waals surface area contributed by atoms with Crippen molar-refractivity contribution < 1.29 is 0 Å². The molecular formula is C6H7N7S. The molecule has 0 aromatic carbocycles. The van der Waals surface area contributed by atoms with Gasteiger partial charge >= 0.3 is 0 Å². The summed E-state index contributed by atoms with van der Waals surface area (Å²) in [6, 6.07) is 0. The van der Waals surface area contributed by atoms with E-state index in [0.29, 0.717) is 11.5 Å². The van der Waals surface area contributed by atoms with Crippen LogP contribution in [0.3, 0.4) is 0 Å². The van der Waals surface area contributed by atoms with E-state index < -0.39 is 0 Å². The first-order chi connectivity index (χ1) is 6.65. The highest BCUT2D eigenvalue weighted by molar-refractivity contribution is 7.71. The predicted octanol–water partition coefficient (Wildman–Crippen LogP) is -0.0881. The van der Waals surface area contributed by atoms with Gasteiger partial charge in [-0.25, -0.2) is 0 Å². The van der Waals surface area contributed by atoms with E-state index in [2.05, 4.69) is 25.3 Å². The van der Waals surface area contributed by atoms with Gasteiger partial charge < -0.3 is 10.7 Å². The monoisotopic (exact) mass is 209 g/mol. The van der Waals surface area contributed by atoms with E-state index in [4.69, 9.17) is 18.0 Å². The van der Waals surface area contributed by atoms with Gasteiger partial charge in [0, 0.05) is 7.05 Å². The zero-order valence-corrected chi connectivity index (χ0v) is 8.12. The Balaban J connectivity index is 2.56. The zero-order valence-electron chi connectivity index (χ0n) is 7.30. The van der Waals surface area contributed by atoms with Gasteiger partial charge in [-0.2, -0.15) is 9.97 Å². The minimum absolute atomic E-state index is 0.182. The molecule has 0 aliphatic carbocycles. The second-order valence-electron chi connectivity index (χ2n) is 2.64. The number of nitrogen functional groups attached to an aromatic ring is 1. The smallest absolute Gasteiger partial charge is 0.224 e. The maximum Gasteiger partial charge on any atom is 0.224 e. The molecule has 2 heterocycles. The normalized spacial score (nSPS) is 10.4. The highest BCUT2D eigenvalue weighted by atomic mass is 32.1. The van der Waals surface area contributed by atoms with Crippen molar-refractivity contribution in [3.05, 3.63) is 11.0 Å². The molecular weight excluding hydrogens is 202 g/mol. The Morgan fingerprint density at radius 2 is 2.29 bits per heavy atom. The van der Waals surface area contributed by atoms with Gasteiger partial charge in [0.05, 0.1) is 6.20 Å². The third kappa shape index (κ3) is 1.59. The number of nitrogens with zero attached hydrogens (tertiary/aromatic N) is 5. The highest BCUT2D eigenvalue weighted by Gasteiger charge is 2.05. The van der Waals surface area contributed by atoms with Crippen molar-refractivity contribution in [1.82, 2.24) is 29.9 Å². The highest BCUT2D eigenvalue weighted by Crippen LogP contribution is 2.09. The third-order valence-electron chi connectivity index (χ3n) is 1.52. The summed E-state index contributed by atoms with van der Waals surface area (Å²) in [4.78, 5) is 10.5. The van der Waals surface area contributed by atoms with Crippen LogP contribution in [0.15, 0.2) is 6.20 Å². The van der Waals surface area contributed by atoms with Gasteiger partial charge in [-0.1, -0.05) is 5.21 Å². The molecule has 0 saturated heterocycles.